The Morgan fingerprint density at radius 3 is 2.44 bits per heavy atom. The van der Waals surface area contributed by atoms with E-state index in [1.54, 1.807) is 30.5 Å². The Morgan fingerprint density at radius 2 is 1.80 bits per heavy atom. The largest absolute Gasteiger partial charge is 0.464 e. The number of hydrogen-bond acceptors (Lipinski definition) is 3. The Morgan fingerprint density at radius 1 is 1.08 bits per heavy atom. The van der Waals surface area contributed by atoms with Crippen molar-refractivity contribution < 1.29 is 18.7 Å². The van der Waals surface area contributed by atoms with Crippen LogP contribution in [0.4, 0.5) is 4.39 Å². The first-order chi connectivity index (χ1) is 12.1. The first-order valence-corrected chi connectivity index (χ1v) is 7.95. The van der Waals surface area contributed by atoms with Crippen molar-refractivity contribution in [3.63, 3.8) is 0 Å². The highest BCUT2D eigenvalue weighted by Crippen LogP contribution is 2.22. The highest BCUT2D eigenvalue weighted by Gasteiger charge is 2.11. The molecule has 5 heteroatoms. The van der Waals surface area contributed by atoms with Crippen molar-refractivity contribution in [1.82, 2.24) is 5.32 Å². The van der Waals surface area contributed by atoms with Crippen LogP contribution in [0.25, 0.3) is 11.3 Å². The summed E-state index contributed by atoms with van der Waals surface area (Å²) in [6.07, 6.45) is 0.946. The Kier molecular flexibility index (Phi) is 5.26. The van der Waals surface area contributed by atoms with Crippen LogP contribution in [0.15, 0.2) is 71.3 Å². The number of carbonyl (C=O) groups excluding carboxylic acids is 1. The molecule has 0 fully saturated rings. The second kappa shape index (κ2) is 7.77. The second-order valence-electron chi connectivity index (χ2n) is 5.72. The topological polar surface area (TPSA) is 62.5 Å². The van der Waals surface area contributed by atoms with E-state index in [4.69, 9.17) is 4.42 Å². The van der Waals surface area contributed by atoms with Crippen molar-refractivity contribution in [3.8, 4) is 11.3 Å². The third-order valence-corrected chi connectivity index (χ3v) is 3.87. The van der Waals surface area contributed by atoms with Crippen LogP contribution in [0, 0.1) is 5.82 Å². The van der Waals surface area contributed by atoms with Gasteiger partial charge in [0.25, 0.3) is 0 Å². The van der Waals surface area contributed by atoms with Gasteiger partial charge in [-0.25, -0.2) is 4.39 Å². The van der Waals surface area contributed by atoms with E-state index in [-0.39, 0.29) is 24.7 Å². The van der Waals surface area contributed by atoms with Gasteiger partial charge in [-0.2, -0.15) is 0 Å². The molecule has 2 N–H and O–H groups in total. The molecule has 0 radical (unpaired) electrons. The summed E-state index contributed by atoms with van der Waals surface area (Å²) in [6, 6.07) is 16.8. The number of carbonyl (C=O) groups is 1. The third kappa shape index (κ3) is 4.55. The number of amides is 1. The first kappa shape index (κ1) is 16.9. The molecule has 0 aliphatic carbocycles. The number of hydrogen-bond donors (Lipinski definition) is 2. The van der Waals surface area contributed by atoms with Crippen LogP contribution in [0.2, 0.25) is 0 Å². The van der Waals surface area contributed by atoms with Gasteiger partial charge in [-0.15, -0.1) is 0 Å². The van der Waals surface area contributed by atoms with E-state index in [9.17, 15) is 14.3 Å². The van der Waals surface area contributed by atoms with E-state index in [1.165, 1.54) is 12.1 Å². The second-order valence-corrected chi connectivity index (χ2v) is 5.72. The lowest BCUT2D eigenvalue weighted by atomic mass is 10.1. The lowest BCUT2D eigenvalue weighted by Gasteiger charge is -2.13. The van der Waals surface area contributed by atoms with Crippen LogP contribution in [0.5, 0.6) is 0 Å². The average molecular weight is 339 g/mol. The molecule has 0 saturated carbocycles. The van der Waals surface area contributed by atoms with E-state index < -0.39 is 6.10 Å². The van der Waals surface area contributed by atoms with E-state index in [0.717, 1.165) is 16.9 Å². The molecule has 2 aromatic carbocycles. The van der Waals surface area contributed by atoms with Gasteiger partial charge in [-0.1, -0.05) is 36.4 Å². The SMILES string of the molecule is O=C(Cc1ccc(F)cc1)NC[C@@H](O)c1ccc(-c2ccco2)cc1. The summed E-state index contributed by atoms with van der Waals surface area (Å²) in [7, 11) is 0. The number of aliphatic hydroxyl groups is 1. The fraction of sp³-hybridized carbons (Fsp3) is 0.150. The molecule has 0 spiro atoms. The van der Waals surface area contributed by atoms with Crippen molar-refractivity contribution in [2.24, 2.45) is 0 Å². The van der Waals surface area contributed by atoms with Gasteiger partial charge >= 0.3 is 0 Å². The van der Waals surface area contributed by atoms with Crippen molar-refractivity contribution in [2.75, 3.05) is 6.54 Å². The molecule has 0 unspecified atom stereocenters. The molecular weight excluding hydrogens is 321 g/mol. The van der Waals surface area contributed by atoms with Gasteiger partial charge < -0.3 is 14.8 Å². The van der Waals surface area contributed by atoms with Crippen LogP contribution >= 0.6 is 0 Å². The number of halogens is 1. The van der Waals surface area contributed by atoms with Crippen molar-refractivity contribution >= 4 is 5.91 Å². The molecular formula is C20H18FNO3. The molecule has 3 rings (SSSR count). The van der Waals surface area contributed by atoms with Crippen molar-refractivity contribution in [3.05, 3.63) is 83.9 Å². The summed E-state index contributed by atoms with van der Waals surface area (Å²) in [4.78, 5) is 11.9. The fourth-order valence-corrected chi connectivity index (χ4v) is 2.49. The zero-order valence-corrected chi connectivity index (χ0v) is 13.5. The van der Waals surface area contributed by atoms with Crippen molar-refractivity contribution in [2.45, 2.75) is 12.5 Å². The van der Waals surface area contributed by atoms with E-state index in [0.29, 0.717) is 5.56 Å². The lowest BCUT2D eigenvalue weighted by Crippen LogP contribution is -2.29. The normalized spacial score (nSPS) is 11.9. The molecule has 3 aromatic rings. The number of furan rings is 1. The molecule has 0 saturated heterocycles. The maximum Gasteiger partial charge on any atom is 0.224 e. The average Bonchev–Trinajstić information content (AvgIpc) is 3.16. The van der Waals surface area contributed by atoms with Crippen LogP contribution in [-0.4, -0.2) is 17.6 Å². The summed E-state index contributed by atoms with van der Waals surface area (Å²) < 4.78 is 18.2. The zero-order valence-electron chi connectivity index (χ0n) is 13.5. The van der Waals surface area contributed by atoms with E-state index in [2.05, 4.69) is 5.32 Å². The van der Waals surface area contributed by atoms with Gasteiger partial charge in [0.1, 0.15) is 11.6 Å². The molecule has 1 aromatic heterocycles. The van der Waals surface area contributed by atoms with Crippen LogP contribution in [0.1, 0.15) is 17.2 Å². The van der Waals surface area contributed by atoms with Crippen LogP contribution < -0.4 is 5.32 Å². The molecule has 1 amide bonds. The maximum atomic E-state index is 12.8. The quantitative estimate of drug-likeness (QED) is 0.723. The monoisotopic (exact) mass is 339 g/mol. The predicted octanol–water partition coefficient (Wildman–Crippen LogP) is 3.48. The van der Waals surface area contributed by atoms with E-state index in [1.807, 2.05) is 24.3 Å². The van der Waals surface area contributed by atoms with Crippen LogP contribution in [0.3, 0.4) is 0 Å². The highest BCUT2D eigenvalue weighted by molar-refractivity contribution is 5.78. The molecule has 128 valence electrons. The number of aliphatic hydroxyl groups excluding tert-OH is 1. The van der Waals surface area contributed by atoms with Gasteiger partial charge in [0.2, 0.25) is 5.91 Å². The highest BCUT2D eigenvalue weighted by atomic mass is 19.1. The molecule has 4 nitrogen and oxygen atoms in total. The smallest absolute Gasteiger partial charge is 0.224 e. The van der Waals surface area contributed by atoms with Gasteiger partial charge in [-0.3, -0.25) is 4.79 Å². The molecule has 0 aliphatic rings. The Labute approximate surface area is 144 Å². The Balaban J connectivity index is 1.52. The zero-order chi connectivity index (χ0) is 17.6. The standard InChI is InChI=1S/C20H18FNO3/c21-17-9-3-14(4-10-17)12-20(24)22-13-18(23)15-5-7-16(8-6-15)19-2-1-11-25-19/h1-11,18,23H,12-13H2,(H,22,24)/t18-/m1/s1. The van der Waals surface area contributed by atoms with Gasteiger partial charge in [-0.05, 0) is 35.4 Å². The third-order valence-electron chi connectivity index (χ3n) is 3.87. The minimum atomic E-state index is -0.803. The summed E-state index contributed by atoms with van der Waals surface area (Å²) in [5.41, 5.74) is 2.34. The molecule has 0 aliphatic heterocycles. The van der Waals surface area contributed by atoms with E-state index >= 15 is 0 Å². The van der Waals surface area contributed by atoms with Crippen LogP contribution in [-0.2, 0) is 11.2 Å². The molecule has 1 atom stereocenters. The summed E-state index contributed by atoms with van der Waals surface area (Å²) in [5, 5.41) is 12.9. The van der Waals surface area contributed by atoms with Gasteiger partial charge in [0.05, 0.1) is 18.8 Å². The molecule has 0 bridgehead atoms. The Hall–Kier alpha value is -2.92. The first-order valence-electron chi connectivity index (χ1n) is 7.95. The maximum absolute atomic E-state index is 12.8. The van der Waals surface area contributed by atoms with Gasteiger partial charge in [0.15, 0.2) is 0 Å². The summed E-state index contributed by atoms with van der Waals surface area (Å²) >= 11 is 0. The number of nitrogens with one attached hydrogen (secondary N) is 1. The number of benzene rings is 2. The predicted molar refractivity (Wildman–Crippen MR) is 92.2 cm³/mol. The fourth-order valence-electron chi connectivity index (χ4n) is 2.49. The summed E-state index contributed by atoms with van der Waals surface area (Å²) in [5.74, 6) is 0.198. The minimum Gasteiger partial charge on any atom is -0.464 e. The lowest BCUT2D eigenvalue weighted by molar-refractivity contribution is -0.120. The number of rotatable bonds is 6. The van der Waals surface area contributed by atoms with Crippen molar-refractivity contribution in [1.29, 1.82) is 0 Å². The molecule has 25 heavy (non-hydrogen) atoms. The van der Waals surface area contributed by atoms with Gasteiger partial charge in [0, 0.05) is 12.1 Å². The minimum absolute atomic E-state index is 0.111. The summed E-state index contributed by atoms with van der Waals surface area (Å²) in [6.45, 7) is 0.111. The molecule has 1 heterocycles. The Bertz CT molecular complexity index is 811.